The van der Waals surface area contributed by atoms with Gasteiger partial charge in [-0.25, -0.2) is 4.98 Å². The van der Waals surface area contributed by atoms with Gasteiger partial charge in [0.25, 0.3) is 5.56 Å². The smallest absolute Gasteiger partial charge is 0.353 e. The molecule has 0 fully saturated rings. The lowest BCUT2D eigenvalue weighted by Gasteiger charge is -2.13. The van der Waals surface area contributed by atoms with Crippen molar-refractivity contribution in [1.82, 2.24) is 19.5 Å². The number of anilines is 1. The van der Waals surface area contributed by atoms with Crippen LogP contribution in [0.15, 0.2) is 11.1 Å². The number of aromatic amines is 1. The van der Waals surface area contributed by atoms with Crippen molar-refractivity contribution in [2.45, 2.75) is 103 Å². The highest BCUT2D eigenvalue weighted by molar-refractivity contribution is 7.52. The number of nitrogens with one attached hydrogen (secondary N) is 1. The van der Waals surface area contributed by atoms with E-state index in [9.17, 15) is 14.3 Å². The van der Waals surface area contributed by atoms with Gasteiger partial charge in [0, 0.05) is 19.6 Å². The Labute approximate surface area is 245 Å². The van der Waals surface area contributed by atoms with E-state index in [1.165, 1.54) is 64.1 Å². The first-order chi connectivity index (χ1) is 19.6. The van der Waals surface area contributed by atoms with Crippen LogP contribution in [-0.4, -0.2) is 65.3 Å². The van der Waals surface area contributed by atoms with Gasteiger partial charge < -0.3 is 29.2 Å². The number of unbranched alkanes of at least 4 members (excludes halogenated alkanes) is 11. The van der Waals surface area contributed by atoms with E-state index in [4.69, 9.17) is 19.7 Å². The monoisotopic (exact) mass is 611 g/mol. The molecule has 0 amide bonds. The van der Waals surface area contributed by atoms with Crippen LogP contribution in [0.5, 0.6) is 0 Å². The maximum absolute atomic E-state index is 12.1. The fourth-order valence-corrected chi connectivity index (χ4v) is 5.64. The normalized spacial score (nSPS) is 13.3. The average molecular weight is 612 g/mol. The fourth-order valence-electron chi connectivity index (χ4n) is 4.19. The summed E-state index contributed by atoms with van der Waals surface area (Å²) in [4.78, 5) is 32.2. The molecule has 1 unspecified atom stereocenters. The second-order valence-corrected chi connectivity index (χ2v) is 17.9. The van der Waals surface area contributed by atoms with Crippen LogP contribution >= 0.6 is 7.60 Å². The van der Waals surface area contributed by atoms with Crippen molar-refractivity contribution in [2.75, 3.05) is 38.5 Å². The minimum atomic E-state index is -3.88. The molecular weight excluding hydrogens is 561 g/mol. The SMILES string of the molecule is C[Si](C)(C)C#CCCCCCCCCCCCCCOCCOP(=O)(O)COCCn1cnc2c(=O)[nH]c(N)nc21. The summed E-state index contributed by atoms with van der Waals surface area (Å²) in [6.45, 7) is 8.19. The molecule has 41 heavy (non-hydrogen) atoms. The third kappa shape index (κ3) is 16.3. The zero-order valence-electron chi connectivity index (χ0n) is 25.2. The number of nitrogens with two attached hydrogens (primary N) is 1. The fraction of sp³-hybridized carbons (Fsp3) is 0.750. The van der Waals surface area contributed by atoms with Crippen LogP contribution in [0.3, 0.4) is 0 Å². The molecule has 2 heterocycles. The summed E-state index contributed by atoms with van der Waals surface area (Å²) < 4.78 is 29.6. The van der Waals surface area contributed by atoms with Gasteiger partial charge in [0.05, 0.1) is 26.1 Å². The van der Waals surface area contributed by atoms with E-state index < -0.39 is 27.6 Å². The van der Waals surface area contributed by atoms with Crippen molar-refractivity contribution in [2.24, 2.45) is 0 Å². The molecule has 2 aromatic heterocycles. The molecular formula is C28H50N5O6PSi. The number of ether oxygens (including phenoxy) is 2. The van der Waals surface area contributed by atoms with Gasteiger partial charge in [0.15, 0.2) is 11.2 Å². The highest BCUT2D eigenvalue weighted by Gasteiger charge is 2.19. The maximum Gasteiger partial charge on any atom is 0.353 e. The third-order valence-electron chi connectivity index (χ3n) is 6.30. The van der Waals surface area contributed by atoms with Crippen molar-refractivity contribution in [1.29, 1.82) is 0 Å². The number of fused-ring (bicyclic) bond motifs is 1. The van der Waals surface area contributed by atoms with Gasteiger partial charge in [0.1, 0.15) is 14.4 Å². The lowest BCUT2D eigenvalue weighted by Crippen LogP contribution is -2.16. The van der Waals surface area contributed by atoms with Crippen molar-refractivity contribution in [3.05, 3.63) is 16.7 Å². The van der Waals surface area contributed by atoms with Crippen LogP contribution in [0.25, 0.3) is 11.2 Å². The quantitative estimate of drug-likeness (QED) is 0.0682. The minimum Gasteiger partial charge on any atom is -0.379 e. The predicted molar refractivity (Wildman–Crippen MR) is 167 cm³/mol. The van der Waals surface area contributed by atoms with Crippen molar-refractivity contribution in [3.63, 3.8) is 0 Å². The Morgan fingerprint density at radius 2 is 1.59 bits per heavy atom. The molecule has 0 saturated carbocycles. The van der Waals surface area contributed by atoms with Crippen molar-refractivity contribution in [3.8, 4) is 11.5 Å². The van der Waals surface area contributed by atoms with Crippen molar-refractivity contribution >= 4 is 32.8 Å². The Balaban J connectivity index is 1.36. The minimum absolute atomic E-state index is 0.0115. The predicted octanol–water partition coefficient (Wildman–Crippen LogP) is 5.46. The Bertz CT molecular complexity index is 1190. The Morgan fingerprint density at radius 1 is 0.951 bits per heavy atom. The summed E-state index contributed by atoms with van der Waals surface area (Å²) in [6.07, 6.45) is 15.8. The number of aromatic nitrogens is 4. The second kappa shape index (κ2) is 19.2. The summed E-state index contributed by atoms with van der Waals surface area (Å²) in [7, 11) is -5.08. The Hall–Kier alpha value is -2.00. The molecule has 0 aromatic carbocycles. The van der Waals surface area contributed by atoms with Crippen molar-refractivity contribution < 1.29 is 23.5 Å². The molecule has 2 aromatic rings. The van der Waals surface area contributed by atoms with E-state index in [0.717, 1.165) is 19.3 Å². The summed E-state index contributed by atoms with van der Waals surface area (Å²) in [5.41, 5.74) is 9.08. The highest BCUT2D eigenvalue weighted by Crippen LogP contribution is 2.41. The molecule has 0 bridgehead atoms. The number of nitrogen functional groups attached to an aromatic ring is 1. The molecule has 0 aliphatic heterocycles. The molecule has 232 valence electrons. The first kappa shape index (κ1) is 35.2. The molecule has 0 spiro atoms. The van der Waals surface area contributed by atoms with Crippen LogP contribution in [0, 0.1) is 11.5 Å². The van der Waals surface area contributed by atoms with Gasteiger partial charge in [-0.3, -0.25) is 14.3 Å². The number of H-pyrrole nitrogens is 1. The summed E-state index contributed by atoms with van der Waals surface area (Å²) in [5.74, 6) is 3.34. The number of hydrogen-bond acceptors (Lipinski definition) is 8. The van der Waals surface area contributed by atoms with E-state index in [0.29, 0.717) is 12.3 Å². The van der Waals surface area contributed by atoms with Gasteiger partial charge in [0.2, 0.25) is 5.95 Å². The summed E-state index contributed by atoms with van der Waals surface area (Å²) >= 11 is 0. The summed E-state index contributed by atoms with van der Waals surface area (Å²) in [5, 5.41) is 0. The first-order valence-electron chi connectivity index (χ1n) is 14.9. The number of hydrogen-bond donors (Lipinski definition) is 3. The van der Waals surface area contributed by atoms with E-state index in [1.54, 1.807) is 4.57 Å². The molecule has 1 atom stereocenters. The van der Waals surface area contributed by atoms with Crippen LogP contribution in [0.2, 0.25) is 19.6 Å². The van der Waals surface area contributed by atoms with Crippen LogP contribution < -0.4 is 11.3 Å². The first-order valence-corrected chi connectivity index (χ1v) is 20.2. The standard InChI is InChI=1S/C28H50N5O6PSi/c1-41(2,3)22-16-14-12-10-8-6-4-5-7-9-11-13-15-18-37-20-21-39-40(35,36)24-38-19-17-33-23-30-25-26(33)31-28(29)32-27(25)34/h23H,4-15,17-21,24H2,1-3H3,(H,35,36)(H3,29,31,32,34). The number of nitrogens with zero attached hydrogens (tertiary/aromatic N) is 3. The maximum atomic E-state index is 12.1. The molecule has 0 saturated heterocycles. The zero-order chi connectivity index (χ0) is 30.0. The van der Waals surface area contributed by atoms with Gasteiger partial charge in [-0.1, -0.05) is 77.4 Å². The molecule has 0 aliphatic carbocycles. The topological polar surface area (TPSA) is 155 Å². The number of imidazole rings is 1. The lowest BCUT2D eigenvalue weighted by atomic mass is 10.1. The highest BCUT2D eigenvalue weighted by atomic mass is 31.2. The molecule has 2 rings (SSSR count). The van der Waals surface area contributed by atoms with E-state index in [-0.39, 0.29) is 37.8 Å². The van der Waals surface area contributed by atoms with Crippen LogP contribution in [0.1, 0.15) is 77.0 Å². The third-order valence-corrected chi connectivity index (χ3v) is 8.32. The van der Waals surface area contributed by atoms with E-state index in [2.05, 4.69) is 46.1 Å². The van der Waals surface area contributed by atoms with Crippen LogP contribution in [0.4, 0.5) is 5.95 Å². The summed E-state index contributed by atoms with van der Waals surface area (Å²) in [6, 6.07) is 0. The van der Waals surface area contributed by atoms with E-state index >= 15 is 0 Å². The van der Waals surface area contributed by atoms with Gasteiger partial charge in [-0.05, 0) is 12.8 Å². The second-order valence-electron chi connectivity index (χ2n) is 11.4. The lowest BCUT2D eigenvalue weighted by molar-refractivity contribution is 0.0841. The van der Waals surface area contributed by atoms with Gasteiger partial charge in [-0.2, -0.15) is 4.98 Å². The average Bonchev–Trinajstić information content (AvgIpc) is 3.30. The molecule has 0 radical (unpaired) electrons. The number of rotatable bonds is 22. The Kier molecular flexibility index (Phi) is 16.5. The molecule has 0 aliphatic rings. The molecule has 4 N–H and O–H groups in total. The molecule has 13 heteroatoms. The van der Waals surface area contributed by atoms with E-state index in [1.807, 2.05) is 0 Å². The van der Waals surface area contributed by atoms with Gasteiger partial charge >= 0.3 is 7.60 Å². The largest absolute Gasteiger partial charge is 0.379 e. The zero-order valence-corrected chi connectivity index (χ0v) is 27.1. The molecule has 11 nitrogen and oxygen atoms in total. The Morgan fingerprint density at radius 3 is 2.24 bits per heavy atom. The van der Waals surface area contributed by atoms with Gasteiger partial charge in [-0.15, -0.1) is 11.5 Å². The van der Waals surface area contributed by atoms with Crippen LogP contribution in [-0.2, 0) is 25.1 Å².